The molecule has 0 radical (unpaired) electrons. The molecule has 0 aliphatic rings. The van der Waals surface area contributed by atoms with Crippen molar-refractivity contribution >= 4 is 21.9 Å². The fourth-order valence-electron chi connectivity index (χ4n) is 3.92. The van der Waals surface area contributed by atoms with E-state index in [1.165, 1.54) is 23.0 Å². The summed E-state index contributed by atoms with van der Waals surface area (Å²) < 4.78 is 100. The molecule has 5 rings (SSSR count). The summed E-state index contributed by atoms with van der Waals surface area (Å²) in [7, 11) is 0. The van der Waals surface area contributed by atoms with Crippen molar-refractivity contribution < 1.29 is 19.5 Å². The average Bonchev–Trinajstić information content (AvgIpc) is 3.50. The SMILES string of the molecule is [2H]C([2H])([2H])C([2H])(C)c1c(-n2ccnc2-c2ccccc2)c(C([2H])(C([2H])([2H])[2H])C([2H])([2H])[2H])cc2c1oc1ccccc12. The second-order valence-corrected chi connectivity index (χ2v) is 7.11. The third-order valence-electron chi connectivity index (χ3n) is 5.20. The normalized spacial score (nSPS) is 20.9. The lowest BCUT2D eigenvalue weighted by molar-refractivity contribution is 0.654. The molecule has 2 heterocycles. The van der Waals surface area contributed by atoms with Crippen molar-refractivity contribution in [2.75, 3.05) is 0 Å². The molecule has 0 bridgehead atoms. The van der Waals surface area contributed by atoms with Gasteiger partial charge in [0.1, 0.15) is 17.0 Å². The number of fused-ring (bicyclic) bond motifs is 3. The Kier molecular flexibility index (Phi) is 2.42. The van der Waals surface area contributed by atoms with Crippen LogP contribution < -0.4 is 0 Å². The molecule has 3 heteroatoms. The molecular formula is C27H26N2O. The molecule has 0 N–H and O–H groups in total. The third-order valence-corrected chi connectivity index (χ3v) is 5.20. The van der Waals surface area contributed by atoms with E-state index in [1.807, 2.05) is 0 Å². The van der Waals surface area contributed by atoms with Gasteiger partial charge < -0.3 is 4.42 Å². The van der Waals surface area contributed by atoms with E-state index >= 15 is 0 Å². The van der Waals surface area contributed by atoms with Gasteiger partial charge in [-0.3, -0.25) is 4.57 Å². The van der Waals surface area contributed by atoms with E-state index in [0.717, 1.165) is 6.92 Å². The highest BCUT2D eigenvalue weighted by molar-refractivity contribution is 6.07. The van der Waals surface area contributed by atoms with Crippen molar-refractivity contribution in [3.63, 3.8) is 0 Å². The van der Waals surface area contributed by atoms with Gasteiger partial charge in [-0.05, 0) is 29.5 Å². The van der Waals surface area contributed by atoms with E-state index in [2.05, 4.69) is 4.98 Å². The largest absolute Gasteiger partial charge is 0.456 e. The fourth-order valence-corrected chi connectivity index (χ4v) is 3.92. The molecule has 0 aliphatic heterocycles. The van der Waals surface area contributed by atoms with E-state index in [4.69, 9.17) is 16.8 Å². The summed E-state index contributed by atoms with van der Waals surface area (Å²) in [5.41, 5.74) is -0.182. The minimum Gasteiger partial charge on any atom is -0.456 e. The molecule has 30 heavy (non-hydrogen) atoms. The van der Waals surface area contributed by atoms with Crippen LogP contribution in [0.5, 0.6) is 0 Å². The van der Waals surface area contributed by atoms with Crippen LogP contribution in [0.25, 0.3) is 39.0 Å². The summed E-state index contributed by atoms with van der Waals surface area (Å²) in [6.45, 7) is -8.64. The quantitative estimate of drug-likeness (QED) is 0.307. The topological polar surface area (TPSA) is 31.0 Å². The molecule has 2 aromatic heterocycles. The van der Waals surface area contributed by atoms with Crippen LogP contribution in [-0.2, 0) is 0 Å². The zero-order chi connectivity index (χ0) is 30.2. The number of hydrogen-bond donors (Lipinski definition) is 0. The predicted octanol–water partition coefficient (Wildman–Crippen LogP) is 7.69. The van der Waals surface area contributed by atoms with Crippen LogP contribution in [0.1, 0.15) is 65.5 Å². The standard InChI is InChI=1S/C27H26N2O/c1-17(2)21-16-22-20-12-8-9-13-23(20)30-26(22)24(18(3)4)25(21)29-15-14-28-27(29)19-10-6-5-7-11-19/h5-18H,1-4H3/i1D3,2D3,3D3,17D,18D. The Hall–Kier alpha value is -3.33. The van der Waals surface area contributed by atoms with Crippen LogP contribution in [0.2, 0.25) is 0 Å². The Bertz CT molecular complexity index is 1730. The maximum absolute atomic E-state index is 9.21. The molecule has 0 saturated heterocycles. The lowest BCUT2D eigenvalue weighted by Gasteiger charge is -2.22. The second kappa shape index (κ2) is 7.17. The van der Waals surface area contributed by atoms with E-state index in [0.29, 0.717) is 16.5 Å². The smallest absolute Gasteiger partial charge is 0.144 e. The predicted molar refractivity (Wildman–Crippen MR) is 124 cm³/mol. The van der Waals surface area contributed by atoms with Crippen molar-refractivity contribution in [3.8, 4) is 17.1 Å². The van der Waals surface area contributed by atoms with Crippen molar-refractivity contribution in [2.24, 2.45) is 0 Å². The van der Waals surface area contributed by atoms with Crippen molar-refractivity contribution in [3.05, 3.63) is 84.2 Å². The summed E-state index contributed by atoms with van der Waals surface area (Å²) in [4.78, 5) is 4.41. The fraction of sp³-hybridized carbons (Fsp3) is 0.222. The lowest BCUT2D eigenvalue weighted by atomic mass is 9.89. The Labute approximate surface area is 192 Å². The van der Waals surface area contributed by atoms with Gasteiger partial charge in [0.05, 0.1) is 5.69 Å². The average molecular weight is 406 g/mol. The summed E-state index contributed by atoms with van der Waals surface area (Å²) >= 11 is 0. The van der Waals surface area contributed by atoms with Gasteiger partial charge in [0, 0.05) is 49.4 Å². The highest BCUT2D eigenvalue weighted by Crippen LogP contribution is 2.42. The molecule has 0 saturated carbocycles. The first kappa shape index (κ1) is 10.1. The number of aromatic nitrogens is 2. The van der Waals surface area contributed by atoms with Crippen LogP contribution >= 0.6 is 0 Å². The Morgan fingerprint density at radius 2 is 1.73 bits per heavy atom. The zero-order valence-corrected chi connectivity index (χ0v) is 16.2. The van der Waals surface area contributed by atoms with Gasteiger partial charge in [-0.25, -0.2) is 4.98 Å². The minimum absolute atomic E-state index is 0.0234. The number of imidazole rings is 1. The Morgan fingerprint density at radius 3 is 2.53 bits per heavy atom. The van der Waals surface area contributed by atoms with Gasteiger partial charge in [-0.2, -0.15) is 0 Å². The third kappa shape index (κ3) is 2.85. The van der Waals surface area contributed by atoms with E-state index in [-0.39, 0.29) is 28.0 Å². The van der Waals surface area contributed by atoms with Gasteiger partial charge in [0.25, 0.3) is 0 Å². The molecule has 1 unspecified atom stereocenters. The molecule has 3 nitrogen and oxygen atoms in total. The molecule has 1 atom stereocenters. The lowest BCUT2D eigenvalue weighted by Crippen LogP contribution is -2.08. The van der Waals surface area contributed by atoms with Gasteiger partial charge in [-0.1, -0.05) is 76.0 Å². The first-order valence-electron chi connectivity index (χ1n) is 15.0. The Balaban J connectivity index is 2.11. The van der Waals surface area contributed by atoms with Gasteiger partial charge in [0.15, 0.2) is 0 Å². The molecule has 3 aromatic carbocycles. The first-order chi connectivity index (χ1) is 18.9. The molecule has 0 fully saturated rings. The number of benzene rings is 3. The van der Waals surface area contributed by atoms with E-state index in [9.17, 15) is 2.74 Å². The van der Waals surface area contributed by atoms with Gasteiger partial charge >= 0.3 is 0 Å². The van der Waals surface area contributed by atoms with Gasteiger partial charge in [0.2, 0.25) is 0 Å². The molecule has 0 amide bonds. The van der Waals surface area contributed by atoms with Crippen molar-refractivity contribution in [1.82, 2.24) is 9.55 Å². The van der Waals surface area contributed by atoms with Crippen molar-refractivity contribution in [1.29, 1.82) is 0 Å². The highest BCUT2D eigenvalue weighted by Gasteiger charge is 2.24. The maximum Gasteiger partial charge on any atom is 0.144 e. The zero-order valence-electron chi connectivity index (χ0n) is 27.2. The molecule has 5 aromatic rings. The van der Waals surface area contributed by atoms with E-state index < -0.39 is 37.9 Å². The second-order valence-electron chi connectivity index (χ2n) is 7.11. The number of para-hydroxylation sites is 1. The number of nitrogens with zero attached hydrogens (tertiary/aromatic N) is 2. The monoisotopic (exact) mass is 405 g/mol. The van der Waals surface area contributed by atoms with Crippen LogP contribution in [0, 0.1) is 0 Å². The summed E-state index contributed by atoms with van der Waals surface area (Å²) in [6, 6.07) is 16.7. The minimum atomic E-state index is -3.40. The van der Waals surface area contributed by atoms with Gasteiger partial charge in [-0.15, -0.1) is 0 Å². The molecule has 0 aliphatic carbocycles. The van der Waals surface area contributed by atoms with E-state index in [1.54, 1.807) is 54.6 Å². The molecule has 150 valence electrons. The number of rotatable bonds is 4. The molecule has 0 spiro atoms. The molecular weight excluding hydrogens is 368 g/mol. The van der Waals surface area contributed by atoms with Crippen LogP contribution in [0.3, 0.4) is 0 Å². The maximum atomic E-state index is 9.21. The van der Waals surface area contributed by atoms with Crippen LogP contribution in [0.4, 0.5) is 0 Å². The Morgan fingerprint density at radius 1 is 0.967 bits per heavy atom. The summed E-state index contributed by atoms with van der Waals surface area (Å²) in [5.74, 6) is -5.46. The first-order valence-corrected chi connectivity index (χ1v) is 9.49. The van der Waals surface area contributed by atoms with Crippen LogP contribution in [-0.4, -0.2) is 9.55 Å². The highest BCUT2D eigenvalue weighted by atomic mass is 16.3. The summed E-state index contributed by atoms with van der Waals surface area (Å²) in [6.07, 6.45) is 2.82. The summed E-state index contributed by atoms with van der Waals surface area (Å²) in [5, 5.41) is 0.647. The number of hydrogen-bond acceptors (Lipinski definition) is 2. The van der Waals surface area contributed by atoms with Crippen molar-refractivity contribution in [2.45, 2.75) is 39.3 Å². The number of furan rings is 1. The van der Waals surface area contributed by atoms with Crippen LogP contribution in [0.15, 0.2) is 77.5 Å².